The molecule has 1 fully saturated rings. The lowest BCUT2D eigenvalue weighted by molar-refractivity contribution is -0.140. The minimum absolute atomic E-state index is 0.00372. The van der Waals surface area contributed by atoms with Crippen LogP contribution in [-0.4, -0.2) is 40.4 Å². The van der Waals surface area contributed by atoms with Gasteiger partial charge in [0.2, 0.25) is 0 Å². The minimum atomic E-state index is -0.870. The first-order chi connectivity index (χ1) is 21.9. The molecule has 1 aliphatic heterocycles. The number of Topliss-reactive ketones (excluding diaryl/α,β-unsaturated/α-hetero) is 1. The number of pyridine rings is 1. The molecule has 45 heavy (non-hydrogen) atoms. The van der Waals surface area contributed by atoms with Crippen molar-refractivity contribution in [2.75, 3.05) is 13.7 Å². The Morgan fingerprint density at radius 3 is 2.42 bits per heavy atom. The van der Waals surface area contributed by atoms with Gasteiger partial charge in [-0.05, 0) is 72.5 Å². The second-order valence-electron chi connectivity index (χ2n) is 11.1. The monoisotopic (exact) mass is 606 g/mol. The van der Waals surface area contributed by atoms with Crippen molar-refractivity contribution in [1.82, 2.24) is 9.88 Å². The smallest absolute Gasteiger partial charge is 0.295 e. The van der Waals surface area contributed by atoms with Gasteiger partial charge in [0.15, 0.2) is 11.5 Å². The van der Waals surface area contributed by atoms with Crippen molar-refractivity contribution in [3.05, 3.63) is 125 Å². The fourth-order valence-electron chi connectivity index (χ4n) is 5.42. The lowest BCUT2D eigenvalue weighted by atomic mass is 9.94. The molecule has 8 nitrogen and oxygen atoms in total. The molecule has 3 aromatic carbocycles. The van der Waals surface area contributed by atoms with Gasteiger partial charge in [0, 0.05) is 24.5 Å². The number of amides is 1. The van der Waals surface area contributed by atoms with Crippen LogP contribution in [0.5, 0.6) is 17.2 Å². The third kappa shape index (κ3) is 7.34. The van der Waals surface area contributed by atoms with Gasteiger partial charge in [-0.15, -0.1) is 0 Å². The Bertz CT molecular complexity index is 1670. The number of hydrogen-bond donors (Lipinski definition) is 1. The first-order valence-electron chi connectivity index (χ1n) is 15.2. The number of methoxy groups -OCH3 is 1. The van der Waals surface area contributed by atoms with E-state index in [0.29, 0.717) is 41.6 Å². The van der Waals surface area contributed by atoms with Crippen LogP contribution in [0.25, 0.3) is 5.76 Å². The summed E-state index contributed by atoms with van der Waals surface area (Å²) in [5, 5.41) is 11.6. The number of benzene rings is 3. The maximum absolute atomic E-state index is 13.6. The number of aliphatic hydroxyl groups is 1. The number of ketones is 1. The molecule has 1 N–H and O–H groups in total. The highest BCUT2D eigenvalue weighted by Crippen LogP contribution is 2.43. The van der Waals surface area contributed by atoms with Gasteiger partial charge in [-0.3, -0.25) is 14.6 Å². The molecule has 2 heterocycles. The van der Waals surface area contributed by atoms with Crippen LogP contribution >= 0.6 is 0 Å². The highest BCUT2D eigenvalue weighted by atomic mass is 16.5. The van der Waals surface area contributed by atoms with Gasteiger partial charge in [0.05, 0.1) is 25.3 Å². The molecule has 1 atom stereocenters. The van der Waals surface area contributed by atoms with Crippen molar-refractivity contribution in [2.45, 2.75) is 52.3 Å². The van der Waals surface area contributed by atoms with E-state index in [-0.39, 0.29) is 17.9 Å². The van der Waals surface area contributed by atoms with Crippen molar-refractivity contribution in [3.8, 4) is 17.2 Å². The van der Waals surface area contributed by atoms with E-state index in [4.69, 9.17) is 14.2 Å². The maximum Gasteiger partial charge on any atom is 0.295 e. The minimum Gasteiger partial charge on any atom is -0.507 e. The molecule has 5 rings (SSSR count). The number of hydrogen-bond acceptors (Lipinski definition) is 7. The Morgan fingerprint density at radius 1 is 0.911 bits per heavy atom. The molecule has 4 aromatic rings. The molecule has 0 aliphatic carbocycles. The summed E-state index contributed by atoms with van der Waals surface area (Å²) in [5.74, 6) is -0.0756. The molecule has 0 saturated carbocycles. The van der Waals surface area contributed by atoms with Gasteiger partial charge < -0.3 is 24.2 Å². The lowest BCUT2D eigenvalue weighted by Gasteiger charge is -2.26. The SMILES string of the molecule is CCCCCOc1ccc(C2/C(=C(\O)c3ccc(OCc4cccc(C)c4)cc3)C(=O)C(=O)N2Cc2cccnc2)cc1OC. The molecule has 0 bridgehead atoms. The quantitative estimate of drug-likeness (QED) is 0.0746. The number of aromatic nitrogens is 1. The predicted octanol–water partition coefficient (Wildman–Crippen LogP) is 7.17. The van der Waals surface area contributed by atoms with E-state index in [1.807, 2.05) is 31.2 Å². The van der Waals surface area contributed by atoms with E-state index in [0.717, 1.165) is 36.0 Å². The van der Waals surface area contributed by atoms with Crippen LogP contribution in [0, 0.1) is 6.92 Å². The van der Waals surface area contributed by atoms with Gasteiger partial charge in [0.25, 0.3) is 11.7 Å². The van der Waals surface area contributed by atoms with Gasteiger partial charge >= 0.3 is 0 Å². The summed E-state index contributed by atoms with van der Waals surface area (Å²) in [7, 11) is 1.55. The third-order valence-corrected chi connectivity index (χ3v) is 7.74. The molecule has 0 spiro atoms. The van der Waals surface area contributed by atoms with E-state index in [1.54, 1.807) is 68.0 Å². The highest BCUT2D eigenvalue weighted by molar-refractivity contribution is 6.46. The molecule has 1 saturated heterocycles. The Hall–Kier alpha value is -5.11. The third-order valence-electron chi connectivity index (χ3n) is 7.74. The largest absolute Gasteiger partial charge is 0.507 e. The lowest BCUT2D eigenvalue weighted by Crippen LogP contribution is -2.29. The van der Waals surface area contributed by atoms with E-state index in [9.17, 15) is 14.7 Å². The number of nitrogens with zero attached hydrogens (tertiary/aromatic N) is 2. The van der Waals surface area contributed by atoms with Crippen molar-refractivity contribution in [1.29, 1.82) is 0 Å². The van der Waals surface area contributed by atoms with Gasteiger partial charge in [-0.25, -0.2) is 0 Å². The zero-order valence-corrected chi connectivity index (χ0v) is 25.9. The first-order valence-corrected chi connectivity index (χ1v) is 15.2. The van der Waals surface area contributed by atoms with Crippen LogP contribution in [0.3, 0.4) is 0 Å². The molecule has 1 unspecified atom stereocenters. The summed E-state index contributed by atoms with van der Waals surface area (Å²) in [6, 6.07) is 23.0. The van der Waals surface area contributed by atoms with Crippen LogP contribution in [-0.2, 0) is 22.7 Å². The van der Waals surface area contributed by atoms with Gasteiger partial charge in [-0.2, -0.15) is 0 Å². The van der Waals surface area contributed by atoms with E-state index in [2.05, 4.69) is 18.0 Å². The molecule has 1 aliphatic rings. The fraction of sp³-hybridized carbons (Fsp3) is 0.270. The average Bonchev–Trinajstić information content (AvgIpc) is 3.31. The van der Waals surface area contributed by atoms with E-state index < -0.39 is 17.7 Å². The van der Waals surface area contributed by atoms with Crippen LogP contribution in [0.4, 0.5) is 0 Å². The number of aliphatic hydroxyl groups excluding tert-OH is 1. The fourth-order valence-corrected chi connectivity index (χ4v) is 5.42. The Morgan fingerprint density at radius 2 is 1.71 bits per heavy atom. The number of ether oxygens (including phenoxy) is 3. The predicted molar refractivity (Wildman–Crippen MR) is 172 cm³/mol. The van der Waals surface area contributed by atoms with Crippen molar-refractivity contribution >= 4 is 17.4 Å². The molecular formula is C37H38N2O6. The van der Waals surface area contributed by atoms with Crippen LogP contribution < -0.4 is 14.2 Å². The number of likely N-dealkylation sites (tertiary alicyclic amines) is 1. The number of carbonyl (C=O) groups is 2. The number of carbonyl (C=O) groups excluding carboxylic acids is 2. The summed E-state index contributed by atoms with van der Waals surface area (Å²) >= 11 is 0. The van der Waals surface area contributed by atoms with E-state index >= 15 is 0 Å². The Balaban J connectivity index is 1.48. The standard InChI is InChI=1S/C37H38N2O6/c1-4-5-6-19-44-31-17-14-29(21-32(31)43-3)34-33(36(41)37(42)39(34)23-27-11-8-18-38-22-27)35(40)28-12-15-30(16-13-28)45-24-26-10-7-9-25(2)20-26/h7-18,20-22,34,40H,4-6,19,23-24H2,1-3H3/b35-33+. The molecule has 232 valence electrons. The summed E-state index contributed by atoms with van der Waals surface area (Å²) in [6.45, 7) is 5.23. The summed E-state index contributed by atoms with van der Waals surface area (Å²) in [6.07, 6.45) is 6.36. The summed E-state index contributed by atoms with van der Waals surface area (Å²) < 4.78 is 17.6. The number of unbranched alkanes of at least 4 members (excludes halogenated alkanes) is 2. The van der Waals surface area contributed by atoms with Gasteiger partial charge in [0.1, 0.15) is 18.1 Å². The maximum atomic E-state index is 13.6. The number of aryl methyl sites for hydroxylation is 1. The average molecular weight is 607 g/mol. The zero-order chi connectivity index (χ0) is 31.8. The van der Waals surface area contributed by atoms with Crippen LogP contribution in [0.1, 0.15) is 60.0 Å². The van der Waals surface area contributed by atoms with Crippen LogP contribution in [0.2, 0.25) is 0 Å². The van der Waals surface area contributed by atoms with Crippen LogP contribution in [0.15, 0.2) is 96.8 Å². The van der Waals surface area contributed by atoms with Crippen molar-refractivity contribution in [2.24, 2.45) is 0 Å². The van der Waals surface area contributed by atoms with Crippen molar-refractivity contribution < 1.29 is 28.9 Å². The summed E-state index contributed by atoms with van der Waals surface area (Å²) in [4.78, 5) is 32.7. The molecule has 1 amide bonds. The Labute approximate surface area is 263 Å². The zero-order valence-electron chi connectivity index (χ0n) is 25.9. The Kier molecular flexibility index (Phi) is 10.1. The van der Waals surface area contributed by atoms with E-state index in [1.165, 1.54) is 4.90 Å². The second-order valence-corrected chi connectivity index (χ2v) is 11.1. The second kappa shape index (κ2) is 14.6. The topological polar surface area (TPSA) is 98.2 Å². The molecular weight excluding hydrogens is 568 g/mol. The molecule has 1 aromatic heterocycles. The first kappa shape index (κ1) is 31.3. The molecule has 0 radical (unpaired) electrons. The van der Waals surface area contributed by atoms with Gasteiger partial charge in [-0.1, -0.05) is 61.7 Å². The summed E-state index contributed by atoms with van der Waals surface area (Å²) in [5.41, 5.74) is 3.94. The normalized spacial score (nSPS) is 15.7. The highest BCUT2D eigenvalue weighted by Gasteiger charge is 2.46. The molecule has 8 heteroatoms. The number of rotatable bonds is 13. The van der Waals surface area contributed by atoms with Crippen molar-refractivity contribution in [3.63, 3.8) is 0 Å².